The van der Waals surface area contributed by atoms with E-state index in [9.17, 15) is 0 Å². The summed E-state index contributed by atoms with van der Waals surface area (Å²) < 4.78 is 0. The summed E-state index contributed by atoms with van der Waals surface area (Å²) >= 11 is 0. The second-order valence-corrected chi connectivity index (χ2v) is 10.7. The van der Waals surface area contributed by atoms with E-state index >= 15 is 0 Å². The van der Waals surface area contributed by atoms with Gasteiger partial charge in [0.05, 0.1) is 0 Å². The molecule has 0 N–H and O–H groups in total. The minimum absolute atomic E-state index is 0.849. The minimum atomic E-state index is -0.849. The summed E-state index contributed by atoms with van der Waals surface area (Å²) in [5.74, 6) is 0. The quantitative estimate of drug-likeness (QED) is 0.331. The van der Waals surface area contributed by atoms with Crippen molar-refractivity contribution < 1.29 is 0 Å². The molecule has 0 rings (SSSR count). The maximum absolute atomic E-state index is 2.48. The first kappa shape index (κ1) is 16.4. The molecular formula is C15H35P. The fourth-order valence-corrected chi connectivity index (χ4v) is 7.78. The van der Waals surface area contributed by atoms with Crippen LogP contribution in [0.25, 0.3) is 0 Å². The fourth-order valence-electron chi connectivity index (χ4n) is 2.76. The van der Waals surface area contributed by atoms with E-state index in [1.165, 1.54) is 51.1 Å². The van der Waals surface area contributed by atoms with Crippen molar-refractivity contribution in [1.29, 1.82) is 0 Å². The normalized spacial score (nSPS) is 13.0. The Morgan fingerprint density at radius 2 is 1.00 bits per heavy atom. The van der Waals surface area contributed by atoms with Gasteiger partial charge in [0.2, 0.25) is 0 Å². The van der Waals surface area contributed by atoms with Crippen LogP contribution < -0.4 is 0 Å². The van der Waals surface area contributed by atoms with Gasteiger partial charge in [-0.25, -0.2) is 0 Å². The van der Waals surface area contributed by atoms with E-state index in [0.717, 1.165) is 0 Å². The van der Waals surface area contributed by atoms with Gasteiger partial charge in [-0.05, 0) is 0 Å². The van der Waals surface area contributed by atoms with Crippen molar-refractivity contribution in [3.8, 4) is 0 Å². The fraction of sp³-hybridized carbons (Fsp3) is 1.00. The molecule has 0 aromatic heterocycles. The molecule has 0 aliphatic rings. The molecule has 0 atom stereocenters. The molecular weight excluding hydrogens is 211 g/mol. The Labute approximate surface area is 105 Å². The molecule has 0 fully saturated rings. The third kappa shape index (κ3) is 6.89. The van der Waals surface area contributed by atoms with E-state index in [1.54, 1.807) is 18.5 Å². The summed E-state index contributed by atoms with van der Waals surface area (Å²) in [6.07, 6.45) is 16.5. The predicted molar refractivity (Wildman–Crippen MR) is 82.8 cm³/mol. The average Bonchev–Trinajstić information content (AvgIpc) is 2.32. The first-order valence-electron chi connectivity index (χ1n) is 7.74. The van der Waals surface area contributed by atoms with Gasteiger partial charge >= 0.3 is 105 Å². The summed E-state index contributed by atoms with van der Waals surface area (Å²) in [7, 11) is -0.849. The standard InChI is InChI=1S/C15H35P/c1-5-9-12-15-16(8-4,13-10-6-2)14-11-7-3/h16H,5-15H2,1-4H3. The molecule has 0 saturated heterocycles. The van der Waals surface area contributed by atoms with Crippen LogP contribution in [-0.4, -0.2) is 24.6 Å². The first-order chi connectivity index (χ1) is 7.74. The van der Waals surface area contributed by atoms with E-state index in [2.05, 4.69) is 27.7 Å². The van der Waals surface area contributed by atoms with E-state index in [1.807, 2.05) is 0 Å². The van der Waals surface area contributed by atoms with Crippen LogP contribution in [-0.2, 0) is 0 Å². The molecule has 16 heavy (non-hydrogen) atoms. The molecule has 0 aliphatic carbocycles. The Bertz CT molecular complexity index is 134. The molecule has 1 heteroatoms. The number of hydrogen-bond acceptors (Lipinski definition) is 0. The van der Waals surface area contributed by atoms with Crippen LogP contribution in [0.4, 0.5) is 0 Å². The third-order valence-electron chi connectivity index (χ3n) is 4.18. The van der Waals surface area contributed by atoms with Crippen LogP contribution in [0.15, 0.2) is 0 Å². The summed E-state index contributed by atoms with van der Waals surface area (Å²) in [6.45, 7) is 9.50. The monoisotopic (exact) mass is 246 g/mol. The summed E-state index contributed by atoms with van der Waals surface area (Å²) in [5.41, 5.74) is 0. The van der Waals surface area contributed by atoms with Crippen LogP contribution >= 0.6 is 7.26 Å². The maximum atomic E-state index is 2.48. The van der Waals surface area contributed by atoms with Crippen molar-refractivity contribution in [2.45, 2.75) is 72.6 Å². The van der Waals surface area contributed by atoms with E-state index in [-0.39, 0.29) is 0 Å². The average molecular weight is 246 g/mol. The number of hydrogen-bond donors (Lipinski definition) is 0. The van der Waals surface area contributed by atoms with Gasteiger partial charge in [-0.3, -0.25) is 0 Å². The molecule has 100 valence electrons. The van der Waals surface area contributed by atoms with E-state index < -0.39 is 7.26 Å². The third-order valence-corrected chi connectivity index (χ3v) is 9.92. The van der Waals surface area contributed by atoms with Crippen molar-refractivity contribution in [3.05, 3.63) is 0 Å². The topological polar surface area (TPSA) is 0 Å². The summed E-state index contributed by atoms with van der Waals surface area (Å²) in [5, 5.41) is 0. The van der Waals surface area contributed by atoms with Gasteiger partial charge in [-0.15, -0.1) is 0 Å². The molecule has 0 aromatic carbocycles. The molecule has 0 amide bonds. The molecule has 0 nitrogen and oxygen atoms in total. The zero-order chi connectivity index (χ0) is 12.3. The molecule has 0 spiro atoms. The van der Waals surface area contributed by atoms with Crippen molar-refractivity contribution in [2.24, 2.45) is 0 Å². The number of rotatable bonds is 11. The van der Waals surface area contributed by atoms with Gasteiger partial charge in [0.15, 0.2) is 0 Å². The molecule has 0 aromatic rings. The Kier molecular flexibility index (Phi) is 10.9. The van der Waals surface area contributed by atoms with Crippen molar-refractivity contribution in [3.63, 3.8) is 0 Å². The van der Waals surface area contributed by atoms with Crippen LogP contribution in [0.1, 0.15) is 72.6 Å². The molecule has 0 saturated carbocycles. The second-order valence-electron chi connectivity index (χ2n) is 5.52. The molecule has 0 bridgehead atoms. The molecule has 0 radical (unpaired) electrons. The van der Waals surface area contributed by atoms with Crippen LogP contribution in [0.5, 0.6) is 0 Å². The predicted octanol–water partition coefficient (Wildman–Crippen LogP) is 5.55. The van der Waals surface area contributed by atoms with Crippen molar-refractivity contribution >= 4 is 7.26 Å². The van der Waals surface area contributed by atoms with Crippen molar-refractivity contribution in [1.82, 2.24) is 0 Å². The first-order valence-corrected chi connectivity index (χ1v) is 10.6. The van der Waals surface area contributed by atoms with E-state index in [4.69, 9.17) is 0 Å². The van der Waals surface area contributed by atoms with Gasteiger partial charge in [-0.1, -0.05) is 0 Å². The molecule has 0 heterocycles. The van der Waals surface area contributed by atoms with Crippen molar-refractivity contribution in [2.75, 3.05) is 24.6 Å². The molecule has 0 unspecified atom stereocenters. The zero-order valence-corrected chi connectivity index (χ0v) is 13.3. The Balaban J connectivity index is 4.16. The summed E-state index contributed by atoms with van der Waals surface area (Å²) in [6, 6.07) is 0. The molecule has 0 aliphatic heterocycles. The van der Waals surface area contributed by atoms with Gasteiger partial charge < -0.3 is 0 Å². The van der Waals surface area contributed by atoms with Gasteiger partial charge in [0, 0.05) is 0 Å². The second kappa shape index (κ2) is 10.6. The van der Waals surface area contributed by atoms with Gasteiger partial charge in [0.25, 0.3) is 0 Å². The van der Waals surface area contributed by atoms with Crippen LogP contribution in [0.2, 0.25) is 0 Å². The van der Waals surface area contributed by atoms with Gasteiger partial charge in [0.1, 0.15) is 0 Å². The number of unbranched alkanes of at least 4 members (excludes halogenated alkanes) is 4. The van der Waals surface area contributed by atoms with Gasteiger partial charge in [-0.2, -0.15) is 0 Å². The Hall–Kier alpha value is 0.430. The van der Waals surface area contributed by atoms with E-state index in [0.29, 0.717) is 0 Å². The zero-order valence-electron chi connectivity index (χ0n) is 12.3. The summed E-state index contributed by atoms with van der Waals surface area (Å²) in [4.78, 5) is 0. The van der Waals surface area contributed by atoms with Crippen LogP contribution in [0, 0.1) is 0 Å². The SMILES string of the molecule is CCCCC[PH](CC)(CCCC)CCCC. The van der Waals surface area contributed by atoms with Crippen LogP contribution in [0.3, 0.4) is 0 Å². The Morgan fingerprint density at radius 1 is 0.562 bits per heavy atom. The Morgan fingerprint density at radius 3 is 1.38 bits per heavy atom.